The van der Waals surface area contributed by atoms with Gasteiger partial charge in [-0.15, -0.1) is 0 Å². The summed E-state index contributed by atoms with van der Waals surface area (Å²) < 4.78 is 5.12. The van der Waals surface area contributed by atoms with Gasteiger partial charge in [0, 0.05) is 17.1 Å². The van der Waals surface area contributed by atoms with E-state index < -0.39 is 0 Å². The third-order valence-electron chi connectivity index (χ3n) is 2.85. The van der Waals surface area contributed by atoms with Gasteiger partial charge in [-0.05, 0) is 55.0 Å². The Morgan fingerprint density at radius 3 is 2.40 bits per heavy atom. The van der Waals surface area contributed by atoms with Crippen molar-refractivity contribution in [2.45, 2.75) is 6.92 Å². The molecule has 5 nitrogen and oxygen atoms in total. The Bertz CT molecular complexity index is 609. The largest absolute Gasteiger partial charge is 0.497 e. The molecule has 0 saturated carbocycles. The van der Waals surface area contributed by atoms with Gasteiger partial charge in [-0.1, -0.05) is 0 Å². The van der Waals surface area contributed by atoms with Crippen molar-refractivity contribution in [2.75, 3.05) is 23.5 Å². The summed E-state index contributed by atoms with van der Waals surface area (Å²) in [7, 11) is 1.61. The zero-order chi connectivity index (χ0) is 14.5. The highest BCUT2D eigenvalue weighted by atomic mass is 16.5. The van der Waals surface area contributed by atoms with Gasteiger partial charge in [0.1, 0.15) is 5.75 Å². The van der Waals surface area contributed by atoms with Crippen LogP contribution in [-0.2, 0) is 0 Å². The van der Waals surface area contributed by atoms with Gasteiger partial charge in [0.15, 0.2) is 0 Å². The number of nitrogens with two attached hydrogens (primary N) is 1. The second-order valence-electron chi connectivity index (χ2n) is 4.38. The molecule has 0 radical (unpaired) electrons. The van der Waals surface area contributed by atoms with Gasteiger partial charge in [0.05, 0.1) is 7.11 Å². The molecule has 2 aromatic carbocycles. The van der Waals surface area contributed by atoms with Crippen molar-refractivity contribution in [3.05, 3.63) is 48.0 Å². The van der Waals surface area contributed by atoms with Gasteiger partial charge in [-0.2, -0.15) is 0 Å². The van der Waals surface area contributed by atoms with E-state index in [9.17, 15) is 4.79 Å². The molecule has 0 aliphatic heterocycles. The van der Waals surface area contributed by atoms with Crippen LogP contribution in [0, 0.1) is 6.92 Å². The monoisotopic (exact) mass is 271 g/mol. The molecule has 0 aliphatic rings. The van der Waals surface area contributed by atoms with Gasteiger partial charge in [0.2, 0.25) is 0 Å². The highest BCUT2D eigenvalue weighted by Crippen LogP contribution is 2.21. The number of hydrogen-bond donors (Lipinski definition) is 3. The Balaban J connectivity index is 2.02. The molecule has 5 heteroatoms. The lowest BCUT2D eigenvalue weighted by molar-refractivity contribution is 0.262. The van der Waals surface area contributed by atoms with E-state index in [4.69, 9.17) is 10.5 Å². The van der Waals surface area contributed by atoms with Gasteiger partial charge in [-0.3, -0.25) is 0 Å². The quantitative estimate of drug-likeness (QED) is 0.750. The zero-order valence-electron chi connectivity index (χ0n) is 11.4. The summed E-state index contributed by atoms with van der Waals surface area (Å²) in [5.41, 5.74) is 8.59. The molecule has 0 saturated heterocycles. The Kier molecular flexibility index (Phi) is 4.10. The number of nitrogen functional groups attached to an aromatic ring is 1. The number of hydrogen-bond acceptors (Lipinski definition) is 3. The normalized spacial score (nSPS) is 9.90. The van der Waals surface area contributed by atoms with Crippen molar-refractivity contribution in [3.63, 3.8) is 0 Å². The molecular formula is C15H17N3O2. The minimum Gasteiger partial charge on any atom is -0.497 e. The first-order valence-corrected chi connectivity index (χ1v) is 6.16. The predicted octanol–water partition coefficient (Wildman–Crippen LogP) is 3.23. The SMILES string of the molecule is COc1ccc(NC(=O)Nc2ccc(N)cc2)c(C)c1. The smallest absolute Gasteiger partial charge is 0.323 e. The third kappa shape index (κ3) is 3.41. The Morgan fingerprint density at radius 1 is 1.10 bits per heavy atom. The number of rotatable bonds is 3. The zero-order valence-corrected chi connectivity index (χ0v) is 11.4. The number of methoxy groups -OCH3 is 1. The lowest BCUT2D eigenvalue weighted by Crippen LogP contribution is -2.19. The highest BCUT2D eigenvalue weighted by molar-refractivity contribution is 6.00. The van der Waals surface area contributed by atoms with E-state index in [0.29, 0.717) is 11.4 Å². The number of benzene rings is 2. The van der Waals surface area contributed by atoms with Crippen LogP contribution in [0.15, 0.2) is 42.5 Å². The fourth-order valence-corrected chi connectivity index (χ4v) is 1.75. The van der Waals surface area contributed by atoms with Gasteiger partial charge < -0.3 is 21.1 Å². The average molecular weight is 271 g/mol. The first-order chi connectivity index (χ1) is 9.58. The molecule has 0 unspecified atom stereocenters. The van der Waals surface area contributed by atoms with Crippen molar-refractivity contribution in [1.82, 2.24) is 0 Å². The molecule has 2 rings (SSSR count). The van der Waals surface area contributed by atoms with Gasteiger partial charge >= 0.3 is 6.03 Å². The van der Waals surface area contributed by atoms with Crippen LogP contribution in [0.1, 0.15) is 5.56 Å². The molecule has 0 heterocycles. The molecule has 2 amide bonds. The molecule has 0 fully saturated rings. The number of aryl methyl sites for hydroxylation is 1. The Labute approximate surface area is 117 Å². The molecule has 0 spiro atoms. The van der Waals surface area contributed by atoms with Crippen LogP contribution in [0.25, 0.3) is 0 Å². The van der Waals surface area contributed by atoms with Crippen LogP contribution in [0.3, 0.4) is 0 Å². The summed E-state index contributed by atoms with van der Waals surface area (Å²) in [5.74, 6) is 0.756. The number of carbonyl (C=O) groups excluding carboxylic acids is 1. The molecule has 0 aromatic heterocycles. The van der Waals surface area contributed by atoms with E-state index in [1.165, 1.54) is 0 Å². The lowest BCUT2D eigenvalue weighted by Gasteiger charge is -2.11. The highest BCUT2D eigenvalue weighted by Gasteiger charge is 2.05. The van der Waals surface area contributed by atoms with Crippen molar-refractivity contribution in [1.29, 1.82) is 0 Å². The molecular weight excluding hydrogens is 254 g/mol. The number of urea groups is 1. The average Bonchev–Trinajstić information content (AvgIpc) is 2.43. The van der Waals surface area contributed by atoms with Gasteiger partial charge in [0.25, 0.3) is 0 Å². The number of amides is 2. The molecule has 0 bridgehead atoms. The van der Waals surface area contributed by atoms with Crippen LogP contribution in [0.4, 0.5) is 21.9 Å². The summed E-state index contributed by atoms with van der Waals surface area (Å²) in [5, 5.41) is 5.52. The Hall–Kier alpha value is -2.69. The Morgan fingerprint density at radius 2 is 1.80 bits per heavy atom. The number of anilines is 3. The van der Waals surface area contributed by atoms with E-state index in [-0.39, 0.29) is 6.03 Å². The predicted molar refractivity (Wildman–Crippen MR) is 81.2 cm³/mol. The molecule has 0 atom stereocenters. The second-order valence-corrected chi connectivity index (χ2v) is 4.38. The minimum absolute atomic E-state index is 0.303. The minimum atomic E-state index is -0.303. The fraction of sp³-hybridized carbons (Fsp3) is 0.133. The molecule has 4 N–H and O–H groups in total. The molecule has 20 heavy (non-hydrogen) atoms. The van der Waals surface area contributed by atoms with E-state index in [1.807, 2.05) is 13.0 Å². The topological polar surface area (TPSA) is 76.4 Å². The lowest BCUT2D eigenvalue weighted by atomic mass is 10.2. The standard InChI is InChI=1S/C15H17N3O2/c1-10-9-13(20-2)7-8-14(10)18-15(19)17-12-5-3-11(16)4-6-12/h3-9H,16H2,1-2H3,(H2,17,18,19). The second kappa shape index (κ2) is 5.97. The fourth-order valence-electron chi connectivity index (χ4n) is 1.75. The summed E-state index contributed by atoms with van der Waals surface area (Å²) in [4.78, 5) is 11.9. The van der Waals surface area contributed by atoms with Crippen molar-refractivity contribution in [2.24, 2.45) is 0 Å². The first-order valence-electron chi connectivity index (χ1n) is 6.16. The van der Waals surface area contributed by atoms with Crippen molar-refractivity contribution < 1.29 is 9.53 Å². The summed E-state index contributed by atoms with van der Waals surface area (Å²) >= 11 is 0. The van der Waals surface area contributed by atoms with Crippen LogP contribution in [0.2, 0.25) is 0 Å². The first kappa shape index (κ1) is 13.7. The number of carbonyl (C=O) groups is 1. The maximum atomic E-state index is 11.9. The maximum Gasteiger partial charge on any atom is 0.323 e. The summed E-state index contributed by atoms with van der Waals surface area (Å²) in [6.07, 6.45) is 0. The van der Waals surface area contributed by atoms with Crippen LogP contribution in [0.5, 0.6) is 5.75 Å². The number of ether oxygens (including phenoxy) is 1. The van der Waals surface area contributed by atoms with E-state index in [1.54, 1.807) is 43.5 Å². The third-order valence-corrected chi connectivity index (χ3v) is 2.85. The van der Waals surface area contributed by atoms with Crippen molar-refractivity contribution in [3.8, 4) is 5.75 Å². The summed E-state index contributed by atoms with van der Waals surface area (Å²) in [6, 6.07) is 12.1. The van der Waals surface area contributed by atoms with E-state index in [2.05, 4.69) is 10.6 Å². The van der Waals surface area contributed by atoms with Crippen molar-refractivity contribution >= 4 is 23.1 Å². The van der Waals surface area contributed by atoms with E-state index in [0.717, 1.165) is 17.0 Å². The molecule has 0 aliphatic carbocycles. The van der Waals surface area contributed by atoms with Gasteiger partial charge in [-0.25, -0.2) is 4.79 Å². The molecule has 2 aromatic rings. The van der Waals surface area contributed by atoms with Crippen LogP contribution < -0.4 is 21.1 Å². The van der Waals surface area contributed by atoms with E-state index >= 15 is 0 Å². The maximum absolute atomic E-state index is 11.9. The summed E-state index contributed by atoms with van der Waals surface area (Å²) in [6.45, 7) is 1.90. The number of nitrogens with one attached hydrogen (secondary N) is 2. The van der Waals surface area contributed by atoms with Crippen LogP contribution in [-0.4, -0.2) is 13.1 Å². The molecule has 104 valence electrons. The van der Waals surface area contributed by atoms with Crippen LogP contribution >= 0.6 is 0 Å².